The van der Waals surface area contributed by atoms with Crippen LogP contribution < -0.4 is 0 Å². The van der Waals surface area contributed by atoms with Crippen molar-refractivity contribution in [1.82, 2.24) is 0 Å². The number of halogens is 4. The molecule has 72 valence electrons. The molecule has 0 aliphatic heterocycles. The van der Waals surface area contributed by atoms with Crippen LogP contribution in [0.25, 0.3) is 0 Å². The van der Waals surface area contributed by atoms with Gasteiger partial charge in [-0.05, 0) is 17.7 Å². The van der Waals surface area contributed by atoms with Crippen LogP contribution in [-0.4, -0.2) is 5.11 Å². The summed E-state index contributed by atoms with van der Waals surface area (Å²) >= 11 is 3.07. The van der Waals surface area contributed by atoms with E-state index in [2.05, 4.69) is 15.9 Å². The SMILES string of the molecule is Oc1cc(CBr)ccc1C(F)(F)F. The zero-order valence-electron chi connectivity index (χ0n) is 6.40. The molecule has 1 rings (SSSR count). The zero-order chi connectivity index (χ0) is 10.1. The fraction of sp³-hybridized carbons (Fsp3) is 0.250. The zero-order valence-corrected chi connectivity index (χ0v) is 7.98. The monoisotopic (exact) mass is 254 g/mol. The first-order chi connectivity index (χ1) is 5.95. The van der Waals surface area contributed by atoms with E-state index in [0.29, 0.717) is 10.9 Å². The summed E-state index contributed by atoms with van der Waals surface area (Å²) in [5.41, 5.74) is -0.400. The minimum Gasteiger partial charge on any atom is -0.507 e. The molecular weight excluding hydrogens is 249 g/mol. The van der Waals surface area contributed by atoms with Gasteiger partial charge in [-0.3, -0.25) is 0 Å². The fourth-order valence-corrected chi connectivity index (χ4v) is 1.25. The Balaban J connectivity index is 3.13. The molecule has 1 aromatic rings. The van der Waals surface area contributed by atoms with Crippen molar-refractivity contribution in [3.8, 4) is 5.75 Å². The average molecular weight is 255 g/mol. The molecule has 0 saturated heterocycles. The topological polar surface area (TPSA) is 20.2 Å². The second-order valence-corrected chi connectivity index (χ2v) is 3.04. The number of benzene rings is 1. The van der Waals surface area contributed by atoms with Crippen molar-refractivity contribution in [3.63, 3.8) is 0 Å². The number of alkyl halides is 4. The molecule has 0 fully saturated rings. The summed E-state index contributed by atoms with van der Waals surface area (Å²) in [6.45, 7) is 0. The van der Waals surface area contributed by atoms with Crippen LogP contribution in [0.15, 0.2) is 18.2 Å². The lowest BCUT2D eigenvalue weighted by molar-refractivity contribution is -0.138. The molecule has 0 saturated carbocycles. The van der Waals surface area contributed by atoms with Gasteiger partial charge in [-0.2, -0.15) is 13.2 Å². The highest BCUT2D eigenvalue weighted by Gasteiger charge is 2.33. The third-order valence-corrected chi connectivity index (χ3v) is 2.17. The van der Waals surface area contributed by atoms with Crippen LogP contribution in [0, 0.1) is 0 Å². The average Bonchev–Trinajstić information content (AvgIpc) is 2.01. The normalized spacial score (nSPS) is 11.7. The Labute approximate surface area is 81.3 Å². The largest absolute Gasteiger partial charge is 0.507 e. The third kappa shape index (κ3) is 2.37. The van der Waals surface area contributed by atoms with Gasteiger partial charge in [0.05, 0.1) is 5.56 Å². The highest BCUT2D eigenvalue weighted by molar-refractivity contribution is 9.08. The van der Waals surface area contributed by atoms with Crippen LogP contribution in [0.5, 0.6) is 5.75 Å². The molecule has 0 bridgehead atoms. The molecule has 0 aliphatic carbocycles. The predicted molar refractivity (Wildman–Crippen MR) is 45.7 cm³/mol. The van der Waals surface area contributed by atoms with Gasteiger partial charge < -0.3 is 5.11 Å². The van der Waals surface area contributed by atoms with Gasteiger partial charge in [0.1, 0.15) is 5.75 Å². The first-order valence-corrected chi connectivity index (χ1v) is 4.52. The van der Waals surface area contributed by atoms with E-state index in [1.807, 2.05) is 0 Å². The van der Waals surface area contributed by atoms with Crippen LogP contribution in [0.4, 0.5) is 13.2 Å². The minimum absolute atomic E-state index is 0.415. The molecule has 1 nitrogen and oxygen atoms in total. The van der Waals surface area contributed by atoms with Crippen molar-refractivity contribution in [1.29, 1.82) is 0 Å². The minimum atomic E-state index is -4.49. The summed E-state index contributed by atoms with van der Waals surface area (Å²) < 4.78 is 36.3. The molecular formula is C8H6BrF3O. The van der Waals surface area contributed by atoms with Crippen molar-refractivity contribution < 1.29 is 18.3 Å². The van der Waals surface area contributed by atoms with Gasteiger partial charge in [-0.15, -0.1) is 0 Å². The molecule has 0 unspecified atom stereocenters. The van der Waals surface area contributed by atoms with Gasteiger partial charge >= 0.3 is 6.18 Å². The maximum atomic E-state index is 12.1. The highest BCUT2D eigenvalue weighted by Crippen LogP contribution is 2.36. The number of phenols is 1. The van der Waals surface area contributed by atoms with E-state index in [0.717, 1.165) is 12.1 Å². The van der Waals surface area contributed by atoms with E-state index in [-0.39, 0.29) is 0 Å². The molecule has 0 radical (unpaired) electrons. The van der Waals surface area contributed by atoms with Gasteiger partial charge in [-0.25, -0.2) is 0 Å². The molecule has 1 N–H and O–H groups in total. The van der Waals surface area contributed by atoms with Crippen LogP contribution >= 0.6 is 15.9 Å². The summed E-state index contributed by atoms with van der Waals surface area (Å²) in [5.74, 6) is -0.732. The van der Waals surface area contributed by atoms with E-state index in [4.69, 9.17) is 5.11 Å². The quantitative estimate of drug-likeness (QED) is 0.763. The van der Waals surface area contributed by atoms with Crippen molar-refractivity contribution in [2.45, 2.75) is 11.5 Å². The summed E-state index contributed by atoms with van der Waals surface area (Å²) in [6.07, 6.45) is -4.49. The number of aromatic hydroxyl groups is 1. The van der Waals surface area contributed by atoms with Gasteiger partial charge in [0.25, 0.3) is 0 Å². The smallest absolute Gasteiger partial charge is 0.419 e. The Bertz CT molecular complexity index is 309. The van der Waals surface area contributed by atoms with Crippen LogP contribution in [0.1, 0.15) is 11.1 Å². The van der Waals surface area contributed by atoms with Crippen LogP contribution in [0.2, 0.25) is 0 Å². The molecule has 1 aromatic carbocycles. The Hall–Kier alpha value is -0.710. The Kier molecular flexibility index (Phi) is 2.85. The Morgan fingerprint density at radius 2 is 1.92 bits per heavy atom. The highest BCUT2D eigenvalue weighted by atomic mass is 79.9. The number of hydrogen-bond acceptors (Lipinski definition) is 1. The summed E-state index contributed by atoms with van der Waals surface area (Å²) in [7, 11) is 0. The molecule has 0 aromatic heterocycles. The van der Waals surface area contributed by atoms with Crippen molar-refractivity contribution in [3.05, 3.63) is 29.3 Å². The van der Waals surface area contributed by atoms with Crippen molar-refractivity contribution in [2.24, 2.45) is 0 Å². The fourth-order valence-electron chi connectivity index (χ4n) is 0.900. The van der Waals surface area contributed by atoms with Gasteiger partial charge in [0.15, 0.2) is 0 Å². The number of rotatable bonds is 1. The summed E-state index contributed by atoms with van der Waals surface area (Å²) in [5, 5.41) is 9.43. The Morgan fingerprint density at radius 1 is 1.31 bits per heavy atom. The lowest BCUT2D eigenvalue weighted by atomic mass is 10.1. The molecule has 0 aliphatic rings. The Morgan fingerprint density at radius 3 is 2.31 bits per heavy atom. The molecule has 0 spiro atoms. The van der Waals surface area contributed by atoms with Gasteiger partial charge in [-0.1, -0.05) is 22.0 Å². The lowest BCUT2D eigenvalue weighted by Gasteiger charge is -2.09. The summed E-state index contributed by atoms with van der Waals surface area (Å²) in [4.78, 5) is 0. The van der Waals surface area contributed by atoms with Crippen molar-refractivity contribution in [2.75, 3.05) is 0 Å². The van der Waals surface area contributed by atoms with E-state index in [1.54, 1.807) is 0 Å². The van der Waals surface area contributed by atoms with Crippen LogP contribution in [-0.2, 0) is 11.5 Å². The number of hydrogen-bond donors (Lipinski definition) is 1. The standard InChI is InChI=1S/C8H6BrF3O/c9-4-5-1-2-6(7(13)3-5)8(10,11)12/h1-3,13H,4H2. The molecule has 0 atom stereocenters. The number of phenolic OH excluding ortho intramolecular Hbond substituents is 1. The molecule has 13 heavy (non-hydrogen) atoms. The van der Waals surface area contributed by atoms with E-state index in [9.17, 15) is 13.2 Å². The molecule has 0 heterocycles. The predicted octanol–water partition coefficient (Wildman–Crippen LogP) is 3.31. The van der Waals surface area contributed by atoms with E-state index in [1.165, 1.54) is 6.07 Å². The van der Waals surface area contributed by atoms with Crippen LogP contribution in [0.3, 0.4) is 0 Å². The second kappa shape index (κ2) is 3.57. The lowest BCUT2D eigenvalue weighted by Crippen LogP contribution is -2.05. The maximum absolute atomic E-state index is 12.1. The molecule has 0 amide bonds. The van der Waals surface area contributed by atoms with Crippen molar-refractivity contribution >= 4 is 15.9 Å². The van der Waals surface area contributed by atoms with Gasteiger partial charge in [0, 0.05) is 5.33 Å². The van der Waals surface area contributed by atoms with Gasteiger partial charge in [0.2, 0.25) is 0 Å². The maximum Gasteiger partial charge on any atom is 0.419 e. The first-order valence-electron chi connectivity index (χ1n) is 3.40. The third-order valence-electron chi connectivity index (χ3n) is 1.52. The van der Waals surface area contributed by atoms with E-state index < -0.39 is 17.5 Å². The summed E-state index contributed by atoms with van der Waals surface area (Å²) in [6, 6.07) is 3.28. The van der Waals surface area contributed by atoms with E-state index >= 15 is 0 Å². The molecule has 5 heteroatoms. The second-order valence-electron chi connectivity index (χ2n) is 2.48. The first kappa shape index (κ1) is 10.4.